The summed E-state index contributed by atoms with van der Waals surface area (Å²) in [7, 11) is 0. The van der Waals surface area contributed by atoms with Crippen molar-refractivity contribution in [3.05, 3.63) is 48.0 Å². The molecule has 0 amide bonds. The van der Waals surface area contributed by atoms with Gasteiger partial charge in [0.2, 0.25) is 0 Å². The molecule has 3 nitrogen and oxygen atoms in total. The molecule has 1 rings (SSSR count). The molecule has 0 heterocycles. The highest BCUT2D eigenvalue weighted by molar-refractivity contribution is 5.89. The zero-order valence-corrected chi connectivity index (χ0v) is 9.89. The summed E-state index contributed by atoms with van der Waals surface area (Å²) in [6.07, 6.45) is 4.78. The third-order valence-corrected chi connectivity index (χ3v) is 2.11. The van der Waals surface area contributed by atoms with E-state index >= 15 is 0 Å². The first-order valence-electron chi connectivity index (χ1n) is 5.59. The molecule has 0 bridgehead atoms. The fraction of sp³-hybridized carbons (Fsp3) is 0.286. The molecule has 1 aromatic carbocycles. The number of esters is 1. The minimum absolute atomic E-state index is 0.0336. The van der Waals surface area contributed by atoms with Gasteiger partial charge in [0, 0.05) is 0 Å². The molecule has 0 fully saturated rings. The maximum Gasteiger partial charge on any atom is 0.338 e. The van der Waals surface area contributed by atoms with Crippen molar-refractivity contribution in [3.8, 4) is 0 Å². The van der Waals surface area contributed by atoms with E-state index in [1.807, 2.05) is 6.07 Å². The molecule has 3 heteroatoms. The summed E-state index contributed by atoms with van der Waals surface area (Å²) in [5, 5.41) is 0. The molecule has 0 spiro atoms. The highest BCUT2D eigenvalue weighted by Gasteiger charge is 2.04. The first-order chi connectivity index (χ1) is 8.20. The summed E-state index contributed by atoms with van der Waals surface area (Å²) in [5.74, 6) is -0.271. The van der Waals surface area contributed by atoms with Gasteiger partial charge in [-0.15, -0.1) is 0 Å². The summed E-state index contributed by atoms with van der Waals surface area (Å²) in [6.45, 7) is 1.88. The summed E-state index contributed by atoms with van der Waals surface area (Å²) in [5.41, 5.74) is 0.562. The van der Waals surface area contributed by atoms with E-state index in [0.29, 0.717) is 12.2 Å². The van der Waals surface area contributed by atoms with E-state index in [2.05, 4.69) is 0 Å². The fourth-order valence-corrected chi connectivity index (χ4v) is 1.27. The lowest BCUT2D eigenvalue weighted by Crippen LogP contribution is -2.05. The molecule has 0 saturated heterocycles. The Bertz CT molecular complexity index is 393. The molecule has 0 aliphatic carbocycles. The lowest BCUT2D eigenvalue weighted by Gasteiger charge is -2.03. The number of ether oxygens (including phenoxy) is 1. The van der Waals surface area contributed by atoms with Crippen LogP contribution in [0.5, 0.6) is 0 Å². The Morgan fingerprint density at radius 3 is 2.59 bits per heavy atom. The van der Waals surface area contributed by atoms with Crippen LogP contribution in [0.3, 0.4) is 0 Å². The Labute approximate surface area is 101 Å². The van der Waals surface area contributed by atoms with Gasteiger partial charge in [0.25, 0.3) is 0 Å². The van der Waals surface area contributed by atoms with Gasteiger partial charge in [0.1, 0.15) is 0 Å². The lowest BCUT2D eigenvalue weighted by molar-refractivity contribution is -0.112. The Balaban J connectivity index is 2.19. The average Bonchev–Trinajstić information content (AvgIpc) is 2.34. The highest BCUT2D eigenvalue weighted by atomic mass is 16.5. The van der Waals surface area contributed by atoms with Crippen LogP contribution in [0, 0.1) is 0 Å². The predicted molar refractivity (Wildman–Crippen MR) is 65.8 cm³/mol. The third-order valence-electron chi connectivity index (χ3n) is 2.11. The van der Waals surface area contributed by atoms with E-state index < -0.39 is 0 Å². The van der Waals surface area contributed by atoms with Gasteiger partial charge in [-0.05, 0) is 38.0 Å². The monoisotopic (exact) mass is 232 g/mol. The number of hydrogen-bond acceptors (Lipinski definition) is 3. The van der Waals surface area contributed by atoms with Crippen molar-refractivity contribution in [2.75, 3.05) is 6.61 Å². The molecule has 90 valence electrons. The van der Waals surface area contributed by atoms with Crippen molar-refractivity contribution >= 4 is 11.8 Å². The second kappa shape index (κ2) is 7.39. The van der Waals surface area contributed by atoms with E-state index in [9.17, 15) is 9.59 Å². The zero-order valence-electron chi connectivity index (χ0n) is 9.89. The number of hydrogen-bond donors (Lipinski definition) is 0. The summed E-state index contributed by atoms with van der Waals surface area (Å²) < 4.78 is 5.08. The van der Waals surface area contributed by atoms with Crippen molar-refractivity contribution in [3.63, 3.8) is 0 Å². The fourth-order valence-electron chi connectivity index (χ4n) is 1.27. The lowest BCUT2D eigenvalue weighted by atomic mass is 10.2. The minimum Gasteiger partial charge on any atom is -0.462 e. The zero-order chi connectivity index (χ0) is 12.5. The number of allylic oxidation sites excluding steroid dienone is 2. The Hall–Kier alpha value is -1.90. The van der Waals surface area contributed by atoms with Crippen molar-refractivity contribution in [1.82, 2.24) is 0 Å². The van der Waals surface area contributed by atoms with Crippen LogP contribution < -0.4 is 0 Å². The normalized spacial score (nSPS) is 10.4. The van der Waals surface area contributed by atoms with E-state index in [1.54, 1.807) is 30.3 Å². The predicted octanol–water partition coefficient (Wildman–Crippen LogP) is 2.77. The largest absolute Gasteiger partial charge is 0.462 e. The first-order valence-corrected chi connectivity index (χ1v) is 5.59. The van der Waals surface area contributed by atoms with Crippen LogP contribution in [0.25, 0.3) is 0 Å². The van der Waals surface area contributed by atoms with Gasteiger partial charge in [0.05, 0.1) is 12.2 Å². The van der Waals surface area contributed by atoms with E-state index in [0.717, 1.165) is 12.8 Å². The van der Waals surface area contributed by atoms with Gasteiger partial charge >= 0.3 is 5.97 Å². The van der Waals surface area contributed by atoms with Gasteiger partial charge in [-0.3, -0.25) is 4.79 Å². The highest BCUT2D eigenvalue weighted by Crippen LogP contribution is 2.02. The Kier molecular flexibility index (Phi) is 5.72. The SMILES string of the molecule is CC(=O)C=CCCCOC(=O)c1ccccc1. The van der Waals surface area contributed by atoms with Crippen molar-refractivity contribution < 1.29 is 14.3 Å². The number of benzene rings is 1. The molecule has 0 aromatic heterocycles. The van der Waals surface area contributed by atoms with E-state index in [1.165, 1.54) is 13.0 Å². The molecule has 0 aliphatic rings. The van der Waals surface area contributed by atoms with Crippen molar-refractivity contribution in [1.29, 1.82) is 0 Å². The standard InChI is InChI=1S/C14H16O3/c1-12(15)8-4-3-7-11-17-14(16)13-9-5-2-6-10-13/h2,4-6,8-10H,3,7,11H2,1H3. The summed E-state index contributed by atoms with van der Waals surface area (Å²) in [4.78, 5) is 22.1. The van der Waals surface area contributed by atoms with Gasteiger partial charge in [-0.25, -0.2) is 4.79 Å². The summed E-state index contributed by atoms with van der Waals surface area (Å²) in [6, 6.07) is 8.89. The maximum absolute atomic E-state index is 11.5. The molecule has 1 aromatic rings. The molecule has 0 atom stereocenters. The quantitative estimate of drug-likeness (QED) is 0.430. The number of unbranched alkanes of at least 4 members (excludes halogenated alkanes) is 1. The molecule has 0 radical (unpaired) electrons. The first kappa shape index (κ1) is 13.2. The Morgan fingerprint density at radius 1 is 1.24 bits per heavy atom. The van der Waals surface area contributed by atoms with Crippen LogP contribution in [0.15, 0.2) is 42.5 Å². The molecule has 0 unspecified atom stereocenters. The van der Waals surface area contributed by atoms with Gasteiger partial charge in [0.15, 0.2) is 5.78 Å². The molecule has 0 N–H and O–H groups in total. The van der Waals surface area contributed by atoms with Crippen LogP contribution in [-0.2, 0) is 9.53 Å². The smallest absolute Gasteiger partial charge is 0.338 e. The van der Waals surface area contributed by atoms with Gasteiger partial charge in [-0.2, -0.15) is 0 Å². The molecular formula is C14H16O3. The van der Waals surface area contributed by atoms with Crippen LogP contribution in [0.2, 0.25) is 0 Å². The van der Waals surface area contributed by atoms with E-state index in [-0.39, 0.29) is 11.8 Å². The van der Waals surface area contributed by atoms with Crippen molar-refractivity contribution in [2.24, 2.45) is 0 Å². The number of carbonyl (C=O) groups excluding carboxylic acids is 2. The van der Waals surface area contributed by atoms with Crippen LogP contribution >= 0.6 is 0 Å². The summed E-state index contributed by atoms with van der Waals surface area (Å²) >= 11 is 0. The second-order valence-corrected chi connectivity index (χ2v) is 3.66. The molecular weight excluding hydrogens is 216 g/mol. The van der Waals surface area contributed by atoms with Crippen LogP contribution in [0.4, 0.5) is 0 Å². The topological polar surface area (TPSA) is 43.4 Å². The Morgan fingerprint density at radius 2 is 1.94 bits per heavy atom. The van der Waals surface area contributed by atoms with Gasteiger partial charge < -0.3 is 4.74 Å². The number of ketones is 1. The van der Waals surface area contributed by atoms with E-state index in [4.69, 9.17) is 4.74 Å². The second-order valence-electron chi connectivity index (χ2n) is 3.66. The van der Waals surface area contributed by atoms with Crippen LogP contribution in [0.1, 0.15) is 30.1 Å². The van der Waals surface area contributed by atoms with Crippen LogP contribution in [-0.4, -0.2) is 18.4 Å². The number of rotatable bonds is 6. The molecule has 17 heavy (non-hydrogen) atoms. The number of carbonyl (C=O) groups is 2. The third kappa shape index (κ3) is 5.66. The van der Waals surface area contributed by atoms with Gasteiger partial charge in [-0.1, -0.05) is 24.3 Å². The minimum atomic E-state index is -0.304. The molecule has 0 aliphatic heterocycles. The van der Waals surface area contributed by atoms with Crippen molar-refractivity contribution in [2.45, 2.75) is 19.8 Å². The molecule has 0 saturated carbocycles. The average molecular weight is 232 g/mol. The maximum atomic E-state index is 11.5.